The zero-order valence-corrected chi connectivity index (χ0v) is 11.7. The molecule has 0 aliphatic carbocycles. The summed E-state index contributed by atoms with van der Waals surface area (Å²) < 4.78 is 17.5. The third-order valence-corrected chi connectivity index (χ3v) is 3.87. The molecule has 0 aromatic heterocycles. The predicted octanol–water partition coefficient (Wildman–Crippen LogP) is 2.81. The average molecular weight is 314 g/mol. The molecule has 1 aromatic rings. The molecule has 5 heteroatoms. The number of benzene rings is 1. The highest BCUT2D eigenvalue weighted by atomic mass is 79.9. The van der Waals surface area contributed by atoms with Crippen molar-refractivity contribution in [3.05, 3.63) is 16.6 Å². The average Bonchev–Trinajstić information content (AvgIpc) is 2.41. The second-order valence-electron chi connectivity index (χ2n) is 4.51. The van der Waals surface area contributed by atoms with Crippen molar-refractivity contribution in [1.82, 2.24) is 0 Å². The molecule has 0 saturated carbocycles. The van der Waals surface area contributed by atoms with Gasteiger partial charge in [0.05, 0.1) is 5.69 Å². The van der Waals surface area contributed by atoms with Gasteiger partial charge in [-0.25, -0.2) is 0 Å². The summed E-state index contributed by atoms with van der Waals surface area (Å²) in [4.78, 5) is 0. The lowest BCUT2D eigenvalue weighted by atomic mass is 10.1. The van der Waals surface area contributed by atoms with Crippen LogP contribution in [0.2, 0.25) is 0 Å². The Morgan fingerprint density at radius 2 is 1.67 bits per heavy atom. The third kappa shape index (κ3) is 2.57. The highest BCUT2D eigenvalue weighted by molar-refractivity contribution is 9.10. The van der Waals surface area contributed by atoms with Gasteiger partial charge in [0.1, 0.15) is 13.2 Å². The van der Waals surface area contributed by atoms with Crippen molar-refractivity contribution in [3.63, 3.8) is 0 Å². The summed E-state index contributed by atoms with van der Waals surface area (Å²) >= 11 is 3.57. The van der Waals surface area contributed by atoms with Crippen LogP contribution >= 0.6 is 15.9 Å². The molecule has 2 aliphatic heterocycles. The highest BCUT2D eigenvalue weighted by Gasteiger charge is 2.18. The summed E-state index contributed by atoms with van der Waals surface area (Å²) in [6.07, 6.45) is 2.09. The first kappa shape index (κ1) is 12.1. The first-order valence-electron chi connectivity index (χ1n) is 6.26. The summed E-state index contributed by atoms with van der Waals surface area (Å²) in [6.45, 7) is 2.90. The molecule has 18 heavy (non-hydrogen) atoms. The minimum atomic E-state index is 0.470. The molecule has 2 aliphatic rings. The topological polar surface area (TPSA) is 39.7 Å². The molecule has 4 nitrogen and oxygen atoms in total. The number of ether oxygens (including phenoxy) is 3. The Hall–Kier alpha value is -0.940. The zero-order valence-electron chi connectivity index (χ0n) is 10.1. The third-order valence-electron chi connectivity index (χ3n) is 3.21. The molecule has 1 saturated heterocycles. The van der Waals surface area contributed by atoms with Crippen LogP contribution in [0.5, 0.6) is 11.5 Å². The molecule has 0 radical (unpaired) electrons. The van der Waals surface area contributed by atoms with E-state index in [0.717, 1.165) is 47.7 Å². The summed E-state index contributed by atoms with van der Waals surface area (Å²) in [6, 6.07) is 4.45. The van der Waals surface area contributed by atoms with E-state index < -0.39 is 0 Å². The van der Waals surface area contributed by atoms with Crippen molar-refractivity contribution in [2.45, 2.75) is 18.9 Å². The number of rotatable bonds is 2. The normalized spacial score (nSPS) is 19.6. The highest BCUT2D eigenvalue weighted by Crippen LogP contribution is 2.38. The molecule has 1 N–H and O–H groups in total. The van der Waals surface area contributed by atoms with Gasteiger partial charge in [-0.3, -0.25) is 0 Å². The van der Waals surface area contributed by atoms with E-state index in [4.69, 9.17) is 14.2 Å². The molecule has 0 atom stereocenters. The minimum absolute atomic E-state index is 0.470. The van der Waals surface area contributed by atoms with Gasteiger partial charge >= 0.3 is 0 Å². The summed E-state index contributed by atoms with van der Waals surface area (Å²) in [5.74, 6) is 1.63. The Morgan fingerprint density at radius 1 is 1.00 bits per heavy atom. The van der Waals surface area contributed by atoms with Crippen LogP contribution < -0.4 is 14.8 Å². The van der Waals surface area contributed by atoms with Gasteiger partial charge in [-0.1, -0.05) is 0 Å². The van der Waals surface area contributed by atoms with Crippen LogP contribution in [-0.2, 0) is 4.74 Å². The first-order valence-corrected chi connectivity index (χ1v) is 7.05. The van der Waals surface area contributed by atoms with Gasteiger partial charge < -0.3 is 19.5 Å². The maximum absolute atomic E-state index is 5.60. The van der Waals surface area contributed by atoms with E-state index in [1.807, 2.05) is 12.1 Å². The number of nitrogens with one attached hydrogen (secondary N) is 1. The maximum atomic E-state index is 5.60. The summed E-state index contributed by atoms with van der Waals surface area (Å²) in [7, 11) is 0. The lowest BCUT2D eigenvalue weighted by Crippen LogP contribution is -2.28. The predicted molar refractivity (Wildman–Crippen MR) is 72.6 cm³/mol. The van der Waals surface area contributed by atoms with Gasteiger partial charge in [0.25, 0.3) is 0 Å². The lowest BCUT2D eigenvalue weighted by molar-refractivity contribution is 0.0904. The van der Waals surface area contributed by atoms with Crippen LogP contribution in [0.15, 0.2) is 16.6 Å². The van der Waals surface area contributed by atoms with Crippen LogP contribution in [-0.4, -0.2) is 32.5 Å². The van der Waals surface area contributed by atoms with E-state index in [9.17, 15) is 0 Å². The number of anilines is 1. The van der Waals surface area contributed by atoms with Crippen molar-refractivity contribution in [1.29, 1.82) is 0 Å². The molecule has 0 amide bonds. The number of hydrogen-bond acceptors (Lipinski definition) is 4. The fraction of sp³-hybridized carbons (Fsp3) is 0.538. The van der Waals surface area contributed by atoms with Crippen molar-refractivity contribution >= 4 is 21.6 Å². The van der Waals surface area contributed by atoms with Gasteiger partial charge in [0.15, 0.2) is 11.5 Å². The van der Waals surface area contributed by atoms with E-state index in [1.54, 1.807) is 0 Å². The van der Waals surface area contributed by atoms with Gasteiger partial charge in [0, 0.05) is 35.9 Å². The fourth-order valence-corrected chi connectivity index (χ4v) is 2.67. The zero-order chi connectivity index (χ0) is 12.4. The van der Waals surface area contributed by atoms with Crippen LogP contribution in [0, 0.1) is 0 Å². The monoisotopic (exact) mass is 313 g/mol. The molecular weight excluding hydrogens is 298 g/mol. The van der Waals surface area contributed by atoms with E-state index in [1.165, 1.54) is 0 Å². The molecule has 0 bridgehead atoms. The minimum Gasteiger partial charge on any atom is -0.486 e. The molecule has 3 rings (SSSR count). The van der Waals surface area contributed by atoms with Gasteiger partial charge in [0.2, 0.25) is 0 Å². The van der Waals surface area contributed by atoms with Crippen molar-refractivity contribution in [3.8, 4) is 11.5 Å². The van der Waals surface area contributed by atoms with Gasteiger partial charge in [-0.2, -0.15) is 0 Å². The Morgan fingerprint density at radius 3 is 2.39 bits per heavy atom. The van der Waals surface area contributed by atoms with E-state index >= 15 is 0 Å². The molecular formula is C13H16BrNO3. The fourth-order valence-electron chi connectivity index (χ4n) is 2.24. The second kappa shape index (κ2) is 5.36. The van der Waals surface area contributed by atoms with Crippen LogP contribution in [0.1, 0.15) is 12.8 Å². The van der Waals surface area contributed by atoms with Crippen LogP contribution in [0.4, 0.5) is 5.69 Å². The summed E-state index contributed by atoms with van der Waals surface area (Å²) in [5, 5.41) is 3.54. The number of fused-ring (bicyclic) bond motifs is 1. The smallest absolute Gasteiger partial charge is 0.163 e. The number of halogens is 1. The largest absolute Gasteiger partial charge is 0.486 e. The van der Waals surface area contributed by atoms with Crippen molar-refractivity contribution < 1.29 is 14.2 Å². The van der Waals surface area contributed by atoms with E-state index in [2.05, 4.69) is 21.2 Å². The standard InChI is InChI=1S/C13H16BrNO3/c14-10-7-12-13(18-6-5-17-12)8-11(10)15-9-1-3-16-4-2-9/h7-9,15H,1-6H2. The molecule has 2 heterocycles. The Kier molecular flexibility index (Phi) is 3.61. The quantitative estimate of drug-likeness (QED) is 0.911. The van der Waals surface area contributed by atoms with Crippen LogP contribution in [0.25, 0.3) is 0 Å². The maximum Gasteiger partial charge on any atom is 0.163 e. The molecule has 1 fully saturated rings. The summed E-state index contributed by atoms with van der Waals surface area (Å²) in [5.41, 5.74) is 1.06. The molecule has 1 aromatic carbocycles. The van der Waals surface area contributed by atoms with E-state index in [0.29, 0.717) is 19.3 Å². The Labute approximate surface area is 115 Å². The lowest BCUT2D eigenvalue weighted by Gasteiger charge is -2.26. The van der Waals surface area contributed by atoms with E-state index in [-0.39, 0.29) is 0 Å². The number of hydrogen-bond donors (Lipinski definition) is 1. The molecule has 0 spiro atoms. The second-order valence-corrected chi connectivity index (χ2v) is 5.36. The Balaban J connectivity index is 1.78. The van der Waals surface area contributed by atoms with Crippen LogP contribution in [0.3, 0.4) is 0 Å². The van der Waals surface area contributed by atoms with Crippen molar-refractivity contribution in [2.75, 3.05) is 31.7 Å². The van der Waals surface area contributed by atoms with Crippen molar-refractivity contribution in [2.24, 2.45) is 0 Å². The first-order chi connectivity index (χ1) is 8.83. The molecule has 98 valence electrons. The SMILES string of the molecule is Brc1cc2c(cc1NC1CCOCC1)OCCO2. The molecule has 0 unspecified atom stereocenters. The van der Waals surface area contributed by atoms with Gasteiger partial charge in [-0.05, 0) is 28.8 Å². The van der Waals surface area contributed by atoms with Gasteiger partial charge in [-0.15, -0.1) is 0 Å². The Bertz CT molecular complexity index is 432.